The van der Waals surface area contributed by atoms with Crippen molar-refractivity contribution in [3.8, 4) is 5.75 Å². The SMILES string of the molecule is COc1ccccc1CN1C(=O)C(C)NC(=O)CC1C. The largest absolute Gasteiger partial charge is 0.496 e. The van der Waals surface area contributed by atoms with Crippen molar-refractivity contribution < 1.29 is 14.3 Å². The van der Waals surface area contributed by atoms with Gasteiger partial charge in [-0.15, -0.1) is 0 Å². The molecule has 0 radical (unpaired) electrons. The van der Waals surface area contributed by atoms with Crippen LogP contribution in [0.25, 0.3) is 0 Å². The molecular formula is C15H20N2O3. The van der Waals surface area contributed by atoms with Crippen LogP contribution in [0.2, 0.25) is 0 Å². The molecule has 1 aromatic rings. The van der Waals surface area contributed by atoms with Crippen molar-refractivity contribution in [2.75, 3.05) is 7.11 Å². The average Bonchev–Trinajstić information content (AvgIpc) is 2.51. The number of hydrogen-bond donors (Lipinski definition) is 1. The summed E-state index contributed by atoms with van der Waals surface area (Å²) in [5.74, 6) is 0.610. The Hall–Kier alpha value is -2.04. The molecule has 1 saturated heterocycles. The van der Waals surface area contributed by atoms with Crippen LogP contribution in [0, 0.1) is 0 Å². The monoisotopic (exact) mass is 276 g/mol. The van der Waals surface area contributed by atoms with E-state index >= 15 is 0 Å². The molecule has 5 nitrogen and oxygen atoms in total. The van der Waals surface area contributed by atoms with E-state index in [0.29, 0.717) is 13.0 Å². The summed E-state index contributed by atoms with van der Waals surface area (Å²) in [6, 6.07) is 7.00. The van der Waals surface area contributed by atoms with Gasteiger partial charge in [0.15, 0.2) is 0 Å². The van der Waals surface area contributed by atoms with Crippen LogP contribution in [0.1, 0.15) is 25.8 Å². The summed E-state index contributed by atoms with van der Waals surface area (Å²) < 4.78 is 5.32. The highest BCUT2D eigenvalue weighted by molar-refractivity contribution is 5.90. The Morgan fingerprint density at radius 2 is 2.00 bits per heavy atom. The molecule has 5 heteroatoms. The van der Waals surface area contributed by atoms with Gasteiger partial charge in [-0.3, -0.25) is 9.59 Å². The molecule has 0 saturated carbocycles. The number of para-hydroxylation sites is 1. The van der Waals surface area contributed by atoms with E-state index in [1.54, 1.807) is 18.9 Å². The molecule has 2 unspecified atom stereocenters. The van der Waals surface area contributed by atoms with E-state index in [-0.39, 0.29) is 17.9 Å². The number of hydrogen-bond acceptors (Lipinski definition) is 3. The van der Waals surface area contributed by atoms with E-state index < -0.39 is 6.04 Å². The first-order valence-electron chi connectivity index (χ1n) is 6.74. The van der Waals surface area contributed by atoms with Gasteiger partial charge in [0.05, 0.1) is 7.11 Å². The molecule has 20 heavy (non-hydrogen) atoms. The molecule has 2 rings (SSSR count). The molecule has 1 aliphatic rings. The zero-order chi connectivity index (χ0) is 14.7. The van der Waals surface area contributed by atoms with E-state index in [9.17, 15) is 9.59 Å². The third kappa shape index (κ3) is 2.92. The highest BCUT2D eigenvalue weighted by atomic mass is 16.5. The predicted octanol–water partition coefficient (Wildman–Crippen LogP) is 1.32. The predicted molar refractivity (Wildman–Crippen MR) is 75.2 cm³/mol. The summed E-state index contributed by atoms with van der Waals surface area (Å²) in [4.78, 5) is 25.8. The van der Waals surface area contributed by atoms with Crippen LogP contribution < -0.4 is 10.1 Å². The Morgan fingerprint density at radius 3 is 2.70 bits per heavy atom. The van der Waals surface area contributed by atoms with Crippen molar-refractivity contribution in [3.05, 3.63) is 29.8 Å². The van der Waals surface area contributed by atoms with Crippen molar-refractivity contribution in [1.29, 1.82) is 0 Å². The molecule has 2 atom stereocenters. The molecule has 0 bridgehead atoms. The molecule has 0 aliphatic carbocycles. The van der Waals surface area contributed by atoms with Gasteiger partial charge >= 0.3 is 0 Å². The van der Waals surface area contributed by atoms with E-state index in [1.165, 1.54) is 0 Å². The minimum absolute atomic E-state index is 0.0609. The zero-order valence-corrected chi connectivity index (χ0v) is 12.1. The van der Waals surface area contributed by atoms with Gasteiger partial charge in [0.1, 0.15) is 11.8 Å². The molecular weight excluding hydrogens is 256 g/mol. The lowest BCUT2D eigenvalue weighted by Crippen LogP contribution is -2.44. The maximum atomic E-state index is 12.4. The second-order valence-electron chi connectivity index (χ2n) is 5.12. The van der Waals surface area contributed by atoms with Crippen LogP contribution in [0.3, 0.4) is 0 Å². The molecule has 0 aromatic heterocycles. The van der Waals surface area contributed by atoms with E-state index in [0.717, 1.165) is 11.3 Å². The van der Waals surface area contributed by atoms with E-state index in [4.69, 9.17) is 4.74 Å². The van der Waals surface area contributed by atoms with Gasteiger partial charge in [-0.25, -0.2) is 0 Å². The summed E-state index contributed by atoms with van der Waals surface area (Å²) in [5.41, 5.74) is 0.941. The van der Waals surface area contributed by atoms with Crippen molar-refractivity contribution in [1.82, 2.24) is 10.2 Å². The summed E-state index contributed by atoms with van der Waals surface area (Å²) >= 11 is 0. The average molecular weight is 276 g/mol. The second-order valence-corrected chi connectivity index (χ2v) is 5.12. The molecule has 1 aromatic carbocycles. The standard InChI is InChI=1S/C15H20N2O3/c1-10-8-14(18)16-11(2)15(19)17(10)9-12-6-4-5-7-13(12)20-3/h4-7,10-11H,8-9H2,1-3H3,(H,16,18). The lowest BCUT2D eigenvalue weighted by Gasteiger charge is -2.28. The first-order chi connectivity index (χ1) is 9.52. The lowest BCUT2D eigenvalue weighted by molar-refractivity contribution is -0.135. The van der Waals surface area contributed by atoms with Gasteiger partial charge in [0, 0.05) is 24.6 Å². The molecule has 2 amide bonds. The smallest absolute Gasteiger partial charge is 0.245 e. The fourth-order valence-corrected chi connectivity index (χ4v) is 2.46. The first kappa shape index (κ1) is 14.4. The molecule has 1 heterocycles. The third-order valence-electron chi connectivity index (χ3n) is 3.58. The van der Waals surface area contributed by atoms with Gasteiger partial charge in [-0.05, 0) is 19.9 Å². The summed E-state index contributed by atoms with van der Waals surface area (Å²) in [6.45, 7) is 4.06. The summed E-state index contributed by atoms with van der Waals surface area (Å²) in [5, 5.41) is 2.70. The third-order valence-corrected chi connectivity index (χ3v) is 3.58. The van der Waals surface area contributed by atoms with Crippen molar-refractivity contribution in [2.24, 2.45) is 0 Å². The normalized spacial score (nSPS) is 23.2. The lowest BCUT2D eigenvalue weighted by atomic mass is 10.1. The highest BCUT2D eigenvalue weighted by Gasteiger charge is 2.31. The number of benzene rings is 1. The Morgan fingerprint density at radius 1 is 1.30 bits per heavy atom. The summed E-state index contributed by atoms with van der Waals surface area (Å²) in [6.07, 6.45) is 0.325. The number of carbonyl (C=O) groups is 2. The van der Waals surface area contributed by atoms with Gasteiger partial charge in [0.2, 0.25) is 11.8 Å². The molecule has 1 fully saturated rings. The van der Waals surface area contributed by atoms with Crippen LogP contribution in [0.4, 0.5) is 0 Å². The number of rotatable bonds is 3. The molecule has 1 N–H and O–H groups in total. The maximum Gasteiger partial charge on any atom is 0.245 e. The Labute approximate surface area is 118 Å². The first-order valence-corrected chi connectivity index (χ1v) is 6.74. The van der Waals surface area contributed by atoms with Crippen LogP contribution in [0.15, 0.2) is 24.3 Å². The fraction of sp³-hybridized carbons (Fsp3) is 0.467. The van der Waals surface area contributed by atoms with Crippen molar-refractivity contribution in [2.45, 2.75) is 38.9 Å². The molecule has 108 valence electrons. The topological polar surface area (TPSA) is 58.6 Å². The number of ether oxygens (including phenoxy) is 1. The minimum atomic E-state index is -0.484. The zero-order valence-electron chi connectivity index (χ0n) is 12.1. The van der Waals surface area contributed by atoms with Crippen LogP contribution in [-0.2, 0) is 16.1 Å². The maximum absolute atomic E-state index is 12.4. The van der Waals surface area contributed by atoms with Crippen LogP contribution >= 0.6 is 0 Å². The van der Waals surface area contributed by atoms with E-state index in [2.05, 4.69) is 5.32 Å². The number of nitrogens with one attached hydrogen (secondary N) is 1. The molecule has 0 spiro atoms. The number of carbonyl (C=O) groups excluding carboxylic acids is 2. The second kappa shape index (κ2) is 5.94. The quantitative estimate of drug-likeness (QED) is 0.906. The van der Waals surface area contributed by atoms with Crippen LogP contribution in [-0.4, -0.2) is 35.9 Å². The Balaban J connectivity index is 2.25. The van der Waals surface area contributed by atoms with Crippen molar-refractivity contribution in [3.63, 3.8) is 0 Å². The van der Waals surface area contributed by atoms with Crippen LogP contribution in [0.5, 0.6) is 5.75 Å². The van der Waals surface area contributed by atoms with Crippen molar-refractivity contribution >= 4 is 11.8 Å². The summed E-state index contributed by atoms with van der Waals surface area (Å²) in [7, 11) is 1.61. The van der Waals surface area contributed by atoms with Gasteiger partial charge in [-0.1, -0.05) is 18.2 Å². The Kier molecular flexibility index (Phi) is 4.27. The van der Waals surface area contributed by atoms with E-state index in [1.807, 2.05) is 31.2 Å². The molecule has 1 aliphatic heterocycles. The van der Waals surface area contributed by atoms with Gasteiger partial charge in [-0.2, -0.15) is 0 Å². The number of amides is 2. The van der Waals surface area contributed by atoms with Gasteiger partial charge < -0.3 is 15.0 Å². The highest BCUT2D eigenvalue weighted by Crippen LogP contribution is 2.22. The Bertz CT molecular complexity index is 516. The van der Waals surface area contributed by atoms with Gasteiger partial charge in [0.25, 0.3) is 0 Å². The fourth-order valence-electron chi connectivity index (χ4n) is 2.46. The number of nitrogens with zero attached hydrogens (tertiary/aromatic N) is 1. The minimum Gasteiger partial charge on any atom is -0.496 e. The number of methoxy groups -OCH3 is 1.